The largest absolute Gasteiger partial charge is 0.454 e. The Bertz CT molecular complexity index is 607. The van der Waals surface area contributed by atoms with E-state index in [1.54, 1.807) is 0 Å². The van der Waals surface area contributed by atoms with Crippen molar-refractivity contribution in [2.24, 2.45) is 0 Å². The van der Waals surface area contributed by atoms with Gasteiger partial charge in [0.2, 0.25) is 0 Å². The molecule has 6 heteroatoms. The third-order valence-electron chi connectivity index (χ3n) is 2.17. The predicted octanol–water partition coefficient (Wildman–Crippen LogP) is 4.76. The molecule has 0 bridgehead atoms. The molecule has 2 N–H and O–H groups in total. The first kappa shape index (κ1) is 13.1. The molecule has 18 heavy (non-hydrogen) atoms. The molecule has 0 aliphatic heterocycles. The van der Waals surface area contributed by atoms with Crippen LogP contribution in [0.4, 0.5) is 14.5 Å². The molecule has 0 aliphatic rings. The fourth-order valence-electron chi connectivity index (χ4n) is 1.30. The molecule has 0 amide bonds. The lowest BCUT2D eigenvalue weighted by Crippen LogP contribution is -1.94. The summed E-state index contributed by atoms with van der Waals surface area (Å²) >= 11 is 8.77. The summed E-state index contributed by atoms with van der Waals surface area (Å²) < 4.78 is 32.1. The molecular weight excluding hydrogens is 327 g/mol. The monoisotopic (exact) mass is 333 g/mol. The number of nitrogen functional groups attached to an aromatic ring is 1. The summed E-state index contributed by atoms with van der Waals surface area (Å²) in [6.07, 6.45) is 0. The maximum Gasteiger partial charge on any atom is 0.153 e. The van der Waals surface area contributed by atoms with E-state index in [2.05, 4.69) is 15.9 Å². The summed E-state index contributed by atoms with van der Waals surface area (Å²) in [7, 11) is 0. The van der Waals surface area contributed by atoms with Gasteiger partial charge in [-0.05, 0) is 34.1 Å². The minimum atomic E-state index is -0.634. The summed E-state index contributed by atoms with van der Waals surface area (Å²) in [5, 5.41) is -0.0403. The molecule has 2 aromatic rings. The second kappa shape index (κ2) is 5.12. The predicted molar refractivity (Wildman–Crippen MR) is 70.0 cm³/mol. The Kier molecular flexibility index (Phi) is 3.73. The molecule has 0 spiro atoms. The van der Waals surface area contributed by atoms with Crippen molar-refractivity contribution in [1.82, 2.24) is 0 Å². The van der Waals surface area contributed by atoms with Crippen molar-refractivity contribution in [3.63, 3.8) is 0 Å². The van der Waals surface area contributed by atoms with Crippen molar-refractivity contribution in [2.75, 3.05) is 5.73 Å². The van der Waals surface area contributed by atoms with E-state index >= 15 is 0 Å². The first-order valence-corrected chi connectivity index (χ1v) is 6.02. The molecule has 0 heterocycles. The minimum absolute atomic E-state index is 0.0403. The van der Waals surface area contributed by atoms with Crippen LogP contribution < -0.4 is 10.5 Å². The number of benzene rings is 2. The van der Waals surface area contributed by atoms with Crippen LogP contribution in [-0.2, 0) is 0 Å². The molecule has 2 aromatic carbocycles. The van der Waals surface area contributed by atoms with E-state index in [1.807, 2.05) is 0 Å². The van der Waals surface area contributed by atoms with Crippen molar-refractivity contribution >= 4 is 33.2 Å². The number of nitrogens with two attached hydrogens (primary N) is 1. The van der Waals surface area contributed by atoms with Crippen LogP contribution in [0.25, 0.3) is 0 Å². The zero-order chi connectivity index (χ0) is 13.3. The van der Waals surface area contributed by atoms with Gasteiger partial charge in [-0.2, -0.15) is 0 Å². The summed E-state index contributed by atoms with van der Waals surface area (Å²) in [6.45, 7) is 0. The smallest absolute Gasteiger partial charge is 0.153 e. The quantitative estimate of drug-likeness (QED) is 0.635. The van der Waals surface area contributed by atoms with Crippen LogP contribution >= 0.6 is 27.5 Å². The number of anilines is 1. The molecule has 2 nitrogen and oxygen atoms in total. The highest BCUT2D eigenvalue weighted by Gasteiger charge is 2.11. The van der Waals surface area contributed by atoms with Crippen LogP contribution in [0, 0.1) is 11.6 Å². The second-order valence-electron chi connectivity index (χ2n) is 3.48. The fraction of sp³-hybridized carbons (Fsp3) is 0. The SMILES string of the molecule is Nc1ccc(F)cc1Oc1cc(F)c(Cl)cc1Br. The van der Waals surface area contributed by atoms with E-state index in [1.165, 1.54) is 18.2 Å². The van der Waals surface area contributed by atoms with Gasteiger partial charge in [0.25, 0.3) is 0 Å². The average Bonchev–Trinajstić information content (AvgIpc) is 2.30. The van der Waals surface area contributed by atoms with Gasteiger partial charge in [-0.25, -0.2) is 8.78 Å². The van der Waals surface area contributed by atoms with Gasteiger partial charge in [0.15, 0.2) is 5.75 Å². The zero-order valence-corrected chi connectivity index (χ0v) is 11.2. The molecule has 0 radical (unpaired) electrons. The standard InChI is InChI=1S/C12H7BrClF2NO/c13-7-4-8(14)9(16)5-11(7)18-12-3-6(15)1-2-10(12)17/h1-5H,17H2. The van der Waals surface area contributed by atoms with Gasteiger partial charge < -0.3 is 10.5 Å². The van der Waals surface area contributed by atoms with E-state index in [9.17, 15) is 8.78 Å². The van der Waals surface area contributed by atoms with Crippen LogP contribution in [-0.4, -0.2) is 0 Å². The number of hydrogen-bond donors (Lipinski definition) is 1. The molecule has 0 atom stereocenters. The number of ether oxygens (including phenoxy) is 1. The van der Waals surface area contributed by atoms with Crippen molar-refractivity contribution in [3.8, 4) is 11.5 Å². The summed E-state index contributed by atoms with van der Waals surface area (Å²) in [5.41, 5.74) is 5.88. The Labute approximate surface area is 115 Å². The lowest BCUT2D eigenvalue weighted by Gasteiger charge is -2.10. The Morgan fingerprint density at radius 3 is 2.56 bits per heavy atom. The molecule has 94 valence electrons. The lowest BCUT2D eigenvalue weighted by atomic mass is 10.3. The highest BCUT2D eigenvalue weighted by molar-refractivity contribution is 9.10. The number of halogens is 4. The molecule has 0 fully saturated rings. The molecule has 2 rings (SSSR count). The van der Waals surface area contributed by atoms with E-state index in [0.717, 1.165) is 12.1 Å². The molecular formula is C12H7BrClF2NO. The second-order valence-corrected chi connectivity index (χ2v) is 4.74. The topological polar surface area (TPSA) is 35.2 Å². The maximum atomic E-state index is 13.3. The first-order valence-electron chi connectivity index (χ1n) is 4.85. The lowest BCUT2D eigenvalue weighted by molar-refractivity contribution is 0.471. The van der Waals surface area contributed by atoms with Crippen molar-refractivity contribution in [2.45, 2.75) is 0 Å². The zero-order valence-electron chi connectivity index (χ0n) is 8.88. The van der Waals surface area contributed by atoms with Crippen LogP contribution in [0.5, 0.6) is 11.5 Å². The summed E-state index contributed by atoms with van der Waals surface area (Å²) in [5.74, 6) is -0.860. The average molecular weight is 335 g/mol. The highest BCUT2D eigenvalue weighted by atomic mass is 79.9. The van der Waals surface area contributed by atoms with E-state index in [-0.39, 0.29) is 22.2 Å². The van der Waals surface area contributed by atoms with Crippen LogP contribution in [0.1, 0.15) is 0 Å². The van der Waals surface area contributed by atoms with Crippen molar-refractivity contribution in [3.05, 3.63) is 51.5 Å². The van der Waals surface area contributed by atoms with Gasteiger partial charge in [0.1, 0.15) is 17.4 Å². The van der Waals surface area contributed by atoms with Gasteiger partial charge in [-0.3, -0.25) is 0 Å². The van der Waals surface area contributed by atoms with Gasteiger partial charge in [-0.1, -0.05) is 11.6 Å². The van der Waals surface area contributed by atoms with Gasteiger partial charge in [0, 0.05) is 12.1 Å². The summed E-state index contributed by atoms with van der Waals surface area (Å²) in [6, 6.07) is 6.14. The first-order chi connectivity index (χ1) is 8.47. The van der Waals surface area contributed by atoms with Crippen molar-refractivity contribution in [1.29, 1.82) is 0 Å². The number of rotatable bonds is 2. The Morgan fingerprint density at radius 1 is 1.11 bits per heavy atom. The van der Waals surface area contributed by atoms with Gasteiger partial charge in [0.05, 0.1) is 15.2 Å². The van der Waals surface area contributed by atoms with Crippen molar-refractivity contribution < 1.29 is 13.5 Å². The summed E-state index contributed by atoms with van der Waals surface area (Å²) in [4.78, 5) is 0. The third-order valence-corrected chi connectivity index (χ3v) is 3.08. The van der Waals surface area contributed by atoms with E-state index in [0.29, 0.717) is 4.47 Å². The normalized spacial score (nSPS) is 10.4. The molecule has 0 aromatic heterocycles. The Morgan fingerprint density at radius 2 is 1.83 bits per heavy atom. The van der Waals surface area contributed by atoms with Crippen LogP contribution in [0.3, 0.4) is 0 Å². The Hall–Kier alpha value is -1.33. The van der Waals surface area contributed by atoms with Gasteiger partial charge in [-0.15, -0.1) is 0 Å². The fourth-order valence-corrected chi connectivity index (χ4v) is 2.02. The Balaban J connectivity index is 2.40. The molecule has 0 unspecified atom stereocenters. The van der Waals surface area contributed by atoms with Crippen LogP contribution in [0.2, 0.25) is 5.02 Å². The van der Waals surface area contributed by atoms with E-state index in [4.69, 9.17) is 22.1 Å². The maximum absolute atomic E-state index is 13.3. The molecule has 0 saturated carbocycles. The van der Waals surface area contributed by atoms with E-state index < -0.39 is 11.6 Å². The van der Waals surface area contributed by atoms with Gasteiger partial charge >= 0.3 is 0 Å². The molecule has 0 aliphatic carbocycles. The molecule has 0 saturated heterocycles. The number of hydrogen-bond acceptors (Lipinski definition) is 2. The highest BCUT2D eigenvalue weighted by Crippen LogP contribution is 2.35. The van der Waals surface area contributed by atoms with Crippen LogP contribution in [0.15, 0.2) is 34.8 Å². The minimum Gasteiger partial charge on any atom is -0.454 e. The third kappa shape index (κ3) is 2.73.